The van der Waals surface area contributed by atoms with Crippen molar-refractivity contribution in [3.05, 3.63) is 241 Å². The first-order valence-corrected chi connectivity index (χ1v) is 21.7. The maximum Gasteiger partial charge on any atom is 0.0497 e. The van der Waals surface area contributed by atoms with Gasteiger partial charge in [-0.15, -0.1) is 0 Å². The first kappa shape index (κ1) is 34.9. The summed E-state index contributed by atoms with van der Waals surface area (Å²) in [4.78, 5) is 4.96. The van der Waals surface area contributed by atoms with Gasteiger partial charge in [0.2, 0.25) is 0 Å². The number of rotatable bonds is 4. The number of nitrogens with zero attached hydrogens (tertiary/aromatic N) is 2. The molecule has 62 heavy (non-hydrogen) atoms. The lowest BCUT2D eigenvalue weighted by atomic mass is 9.83. The minimum Gasteiger partial charge on any atom is -0.310 e. The van der Waals surface area contributed by atoms with Crippen LogP contribution < -0.4 is 9.80 Å². The predicted octanol–water partition coefficient (Wildman–Crippen LogP) is 16.4. The average molecular weight is 789 g/mol. The van der Waals surface area contributed by atoms with Crippen LogP contribution in [0.2, 0.25) is 0 Å². The van der Waals surface area contributed by atoms with Gasteiger partial charge in [-0.1, -0.05) is 164 Å². The van der Waals surface area contributed by atoms with Crippen LogP contribution in [0, 0.1) is 0 Å². The minimum absolute atomic E-state index is 0.919. The van der Waals surface area contributed by atoms with Crippen molar-refractivity contribution >= 4 is 77.2 Å². The van der Waals surface area contributed by atoms with Crippen LogP contribution in [0.1, 0.15) is 22.3 Å². The second kappa shape index (κ2) is 13.8. The molecule has 13 rings (SSSR count). The molecule has 0 radical (unpaired) electrons. The summed E-state index contributed by atoms with van der Waals surface area (Å²) in [5.41, 5.74) is 17.5. The fourth-order valence-corrected chi connectivity index (χ4v) is 10.6. The van der Waals surface area contributed by atoms with Crippen LogP contribution in [-0.4, -0.2) is 0 Å². The fourth-order valence-electron chi connectivity index (χ4n) is 10.6. The summed E-state index contributed by atoms with van der Waals surface area (Å²) in [6.45, 7) is 0. The van der Waals surface area contributed by atoms with E-state index in [0.717, 1.165) is 24.2 Å². The molecule has 2 heteroatoms. The molecule has 11 aromatic carbocycles. The molecule has 0 aromatic heterocycles. The van der Waals surface area contributed by atoms with Crippen molar-refractivity contribution in [1.82, 2.24) is 0 Å². The molecule has 11 aromatic rings. The van der Waals surface area contributed by atoms with Gasteiger partial charge in [-0.05, 0) is 142 Å². The zero-order valence-electron chi connectivity index (χ0n) is 34.1. The van der Waals surface area contributed by atoms with E-state index in [4.69, 9.17) is 0 Å². The van der Waals surface area contributed by atoms with E-state index in [2.05, 4.69) is 228 Å². The van der Waals surface area contributed by atoms with E-state index >= 15 is 0 Å². The first-order chi connectivity index (χ1) is 30.7. The lowest BCUT2D eigenvalue weighted by molar-refractivity contribution is 1.09. The van der Waals surface area contributed by atoms with Gasteiger partial charge in [-0.3, -0.25) is 0 Å². The minimum atomic E-state index is 0.919. The molecule has 0 spiro atoms. The highest BCUT2D eigenvalue weighted by Crippen LogP contribution is 2.52. The highest BCUT2D eigenvalue weighted by atomic mass is 15.2. The second-order valence-corrected chi connectivity index (χ2v) is 16.8. The third-order valence-electron chi connectivity index (χ3n) is 13.4. The van der Waals surface area contributed by atoms with Gasteiger partial charge in [0.1, 0.15) is 0 Å². The molecule has 0 N–H and O–H groups in total. The molecule has 0 amide bonds. The number of fused-ring (bicyclic) bond motifs is 8. The smallest absolute Gasteiger partial charge is 0.0497 e. The highest BCUT2D eigenvalue weighted by molar-refractivity contribution is 6.25. The molecule has 0 fully saturated rings. The summed E-state index contributed by atoms with van der Waals surface area (Å²) >= 11 is 0. The van der Waals surface area contributed by atoms with Crippen LogP contribution in [-0.2, 0) is 12.8 Å². The number of anilines is 6. The first-order valence-electron chi connectivity index (χ1n) is 21.7. The van der Waals surface area contributed by atoms with Crippen molar-refractivity contribution in [1.29, 1.82) is 0 Å². The van der Waals surface area contributed by atoms with Crippen LogP contribution in [0.5, 0.6) is 0 Å². The monoisotopic (exact) mass is 788 g/mol. The Kier molecular flexibility index (Phi) is 7.77. The molecule has 2 nitrogen and oxygen atoms in total. The molecule has 0 unspecified atom stereocenters. The van der Waals surface area contributed by atoms with Crippen LogP contribution in [0.4, 0.5) is 34.1 Å². The third kappa shape index (κ3) is 5.36. The molecule has 2 aliphatic rings. The van der Waals surface area contributed by atoms with E-state index in [-0.39, 0.29) is 0 Å². The molecule has 2 aliphatic heterocycles. The molecular formula is C60H40N2. The van der Waals surface area contributed by atoms with Gasteiger partial charge >= 0.3 is 0 Å². The van der Waals surface area contributed by atoms with Crippen molar-refractivity contribution in [3.8, 4) is 22.3 Å². The molecule has 0 aliphatic carbocycles. The Morgan fingerprint density at radius 2 is 0.726 bits per heavy atom. The second-order valence-electron chi connectivity index (χ2n) is 16.8. The summed E-state index contributed by atoms with van der Waals surface area (Å²) in [6.07, 6.45) is 1.84. The summed E-state index contributed by atoms with van der Waals surface area (Å²) in [6, 6.07) is 81.4. The van der Waals surface area contributed by atoms with Crippen LogP contribution >= 0.6 is 0 Å². The van der Waals surface area contributed by atoms with Gasteiger partial charge in [0.25, 0.3) is 0 Å². The SMILES string of the molecule is c1ccc2c(c1)Cc1ccccc1N2c1ccc2c(-c3cccc4ccccc34)c3cc(N4c5ccccc5Cc5ccccc54)ccc3c(-c3ccc4ccccc4c3)c2c1. The molecule has 0 saturated heterocycles. The van der Waals surface area contributed by atoms with Crippen molar-refractivity contribution in [2.24, 2.45) is 0 Å². The van der Waals surface area contributed by atoms with Crippen LogP contribution in [0.3, 0.4) is 0 Å². The average Bonchev–Trinajstić information content (AvgIpc) is 3.33. The Bertz CT molecular complexity index is 3520. The number of hydrogen-bond donors (Lipinski definition) is 0. The Morgan fingerprint density at radius 1 is 0.274 bits per heavy atom. The highest BCUT2D eigenvalue weighted by Gasteiger charge is 2.28. The van der Waals surface area contributed by atoms with Crippen molar-refractivity contribution in [2.75, 3.05) is 9.80 Å². The maximum atomic E-state index is 2.48. The number of benzene rings is 11. The Hall–Kier alpha value is -7.94. The van der Waals surface area contributed by atoms with Gasteiger partial charge in [0, 0.05) is 47.0 Å². The lowest BCUT2D eigenvalue weighted by Crippen LogP contribution is -2.18. The topological polar surface area (TPSA) is 6.48 Å². The molecular weight excluding hydrogens is 749 g/mol. The summed E-state index contributed by atoms with van der Waals surface area (Å²) in [5.74, 6) is 0. The van der Waals surface area contributed by atoms with Crippen molar-refractivity contribution in [3.63, 3.8) is 0 Å². The van der Waals surface area contributed by atoms with Gasteiger partial charge in [-0.25, -0.2) is 0 Å². The van der Waals surface area contributed by atoms with Crippen LogP contribution in [0.15, 0.2) is 218 Å². The van der Waals surface area contributed by atoms with Crippen LogP contribution in [0.25, 0.3) is 65.3 Å². The molecule has 290 valence electrons. The fraction of sp³-hybridized carbons (Fsp3) is 0.0333. The zero-order valence-corrected chi connectivity index (χ0v) is 34.1. The van der Waals surface area contributed by atoms with E-state index in [0.29, 0.717) is 0 Å². The number of hydrogen-bond acceptors (Lipinski definition) is 2. The Labute approximate surface area is 361 Å². The number of para-hydroxylation sites is 4. The predicted molar refractivity (Wildman–Crippen MR) is 262 cm³/mol. The van der Waals surface area contributed by atoms with Gasteiger partial charge in [0.15, 0.2) is 0 Å². The van der Waals surface area contributed by atoms with Crippen molar-refractivity contribution < 1.29 is 0 Å². The van der Waals surface area contributed by atoms with E-state index in [9.17, 15) is 0 Å². The molecule has 0 atom stereocenters. The normalized spacial score (nSPS) is 13.0. The maximum absolute atomic E-state index is 2.48. The molecule has 0 saturated carbocycles. The van der Waals surface area contributed by atoms with E-state index in [1.165, 1.54) is 110 Å². The van der Waals surface area contributed by atoms with Gasteiger partial charge in [0.05, 0.1) is 0 Å². The van der Waals surface area contributed by atoms with E-state index in [1.54, 1.807) is 0 Å². The standard InChI is InChI=1S/C60H40N2/c1-2-16-41-34-46(29-28-39(41)14-1)59-51-32-30-48(62-57-26-11-6-19-44(57)36-45-20-7-12-27-58(45)62)38-54(51)60(50-23-13-21-40-15-3-8-22-49(40)50)52-33-31-47(37-53(52)59)61-55-24-9-4-17-42(55)35-43-18-5-10-25-56(43)61/h1-34,37-38H,35-36H2. The summed E-state index contributed by atoms with van der Waals surface area (Å²) < 4.78 is 0. The summed E-state index contributed by atoms with van der Waals surface area (Å²) in [7, 11) is 0. The van der Waals surface area contributed by atoms with E-state index in [1.807, 2.05) is 0 Å². The Morgan fingerprint density at radius 3 is 1.31 bits per heavy atom. The molecule has 0 bridgehead atoms. The lowest BCUT2D eigenvalue weighted by Gasteiger charge is -2.34. The van der Waals surface area contributed by atoms with Crippen molar-refractivity contribution in [2.45, 2.75) is 12.8 Å². The van der Waals surface area contributed by atoms with Gasteiger partial charge < -0.3 is 9.80 Å². The summed E-state index contributed by atoms with van der Waals surface area (Å²) in [5, 5.41) is 9.88. The van der Waals surface area contributed by atoms with E-state index < -0.39 is 0 Å². The van der Waals surface area contributed by atoms with Gasteiger partial charge in [-0.2, -0.15) is 0 Å². The third-order valence-corrected chi connectivity index (χ3v) is 13.4. The zero-order chi connectivity index (χ0) is 40.7. The molecule has 2 heterocycles. The largest absolute Gasteiger partial charge is 0.310 e. The quantitative estimate of drug-likeness (QED) is 0.164. The Balaban J connectivity index is 1.16.